The van der Waals surface area contributed by atoms with Crippen molar-refractivity contribution in [2.24, 2.45) is 0 Å². The summed E-state index contributed by atoms with van der Waals surface area (Å²) in [5, 5.41) is 12.4. The Labute approximate surface area is 430 Å². The normalized spacial score (nSPS) is 13.4. The Hall–Kier alpha value is -7.13. The number of phenolic OH excluding ortho intramolecular Hbond substituents is 1. The van der Waals surface area contributed by atoms with Crippen molar-refractivity contribution >= 4 is 11.0 Å². The predicted octanol–water partition coefficient (Wildman–Crippen LogP) is 16.8. The van der Waals surface area contributed by atoms with Crippen LogP contribution in [0.2, 0.25) is 0 Å². The molecule has 0 aliphatic carbocycles. The van der Waals surface area contributed by atoms with Crippen molar-refractivity contribution in [2.75, 3.05) is 0 Å². The Morgan fingerprint density at radius 3 is 1.84 bits per heavy atom. The van der Waals surface area contributed by atoms with Crippen LogP contribution in [0, 0.1) is 19.8 Å². The van der Waals surface area contributed by atoms with Crippen LogP contribution in [-0.4, -0.2) is 19.6 Å². The molecule has 0 atom stereocenters. The summed E-state index contributed by atoms with van der Waals surface area (Å²) in [5.41, 5.74) is 13.8. The second-order valence-electron chi connectivity index (χ2n) is 19.6. The van der Waals surface area contributed by atoms with Gasteiger partial charge in [-0.15, -0.1) is 23.8 Å². The van der Waals surface area contributed by atoms with E-state index in [1.807, 2.05) is 132 Å². The maximum Gasteiger partial charge on any atom is 0.148 e. The average Bonchev–Trinajstić information content (AvgIpc) is 3.77. The van der Waals surface area contributed by atoms with Gasteiger partial charge in [-0.3, -0.25) is 9.55 Å². The first-order valence-electron chi connectivity index (χ1n) is 26.0. The summed E-state index contributed by atoms with van der Waals surface area (Å²) in [6.45, 7) is 7.92. The molecule has 1 N–H and O–H groups in total. The van der Waals surface area contributed by atoms with Crippen molar-refractivity contribution in [3.63, 3.8) is 0 Å². The van der Waals surface area contributed by atoms with Gasteiger partial charge in [-0.05, 0) is 105 Å². The monoisotopic (exact) mass is 1080 g/mol. The van der Waals surface area contributed by atoms with E-state index in [0.29, 0.717) is 39.4 Å². The zero-order chi connectivity index (χ0) is 52.3. The van der Waals surface area contributed by atoms with Gasteiger partial charge in [0.05, 0.1) is 22.3 Å². The number of fused-ring (bicyclic) bond motifs is 1. The number of hydrogen-bond acceptors (Lipinski definition) is 3. The van der Waals surface area contributed by atoms with E-state index in [1.54, 1.807) is 24.4 Å². The number of phenols is 1. The minimum Gasteiger partial charge on any atom is -0.507 e. The van der Waals surface area contributed by atoms with Gasteiger partial charge < -0.3 is 5.11 Å². The third-order valence-electron chi connectivity index (χ3n) is 12.8. The third kappa shape index (κ3) is 9.27. The molecule has 0 aliphatic rings. The molecule has 0 radical (unpaired) electrons. The summed E-state index contributed by atoms with van der Waals surface area (Å²) in [4.78, 5) is 10.4. The van der Waals surface area contributed by atoms with E-state index in [9.17, 15) is 5.11 Å². The number of aromatic hydroxyl groups is 1. The first kappa shape index (κ1) is 39.8. The minimum absolute atomic E-state index is 0. The third-order valence-corrected chi connectivity index (χ3v) is 12.8. The van der Waals surface area contributed by atoms with Gasteiger partial charge in [0.1, 0.15) is 11.6 Å². The van der Waals surface area contributed by atoms with Crippen LogP contribution in [0.4, 0.5) is 0 Å². The number of hydrogen-bond donors (Lipinski definition) is 1. The number of para-hydroxylation sites is 2. The molecule has 4 nitrogen and oxygen atoms in total. The quantitative estimate of drug-likeness (QED) is 0.154. The summed E-state index contributed by atoms with van der Waals surface area (Å²) < 4.78 is 52.9. The van der Waals surface area contributed by atoms with Crippen molar-refractivity contribution in [2.45, 2.75) is 66.1 Å². The van der Waals surface area contributed by atoms with Crippen molar-refractivity contribution in [1.29, 1.82) is 0 Å². The van der Waals surface area contributed by atoms with E-state index in [2.05, 4.69) is 84.0 Å². The molecule has 0 saturated carbocycles. The number of benzene rings is 8. The number of pyridine rings is 1. The van der Waals surface area contributed by atoms with Gasteiger partial charge in [0.2, 0.25) is 0 Å². The molecule has 0 unspecified atom stereocenters. The fourth-order valence-corrected chi connectivity index (χ4v) is 9.15. The maximum atomic E-state index is 12.4. The molecule has 10 aromatic rings. The summed E-state index contributed by atoms with van der Waals surface area (Å²) in [6.07, 6.45) is 1.75. The standard InChI is InChI=1S/C64H56N3O.Pt/c1-41-25-27-44(28-26-41)47-33-34-65-57(39-47)50-37-48(43-17-11-9-12-18-43)36-49(38-50)52-21-16-24-58-60(52)66-62(53-22-15-23-56(61(53)68)64(6,7)8)67(58)59-35-42(2)54(40-55(59)45-19-13-10-14-20-45)46-29-31-51(32-30-46)63(3,4)5;/h9-37,39-40,68H,1-8H3;/q-1;/i1D3,2D3;. The second-order valence-corrected chi connectivity index (χ2v) is 19.6. The summed E-state index contributed by atoms with van der Waals surface area (Å²) in [6, 6.07) is 62.5. The molecule has 0 saturated heterocycles. The van der Waals surface area contributed by atoms with Gasteiger partial charge in [-0.25, -0.2) is 4.98 Å². The van der Waals surface area contributed by atoms with Gasteiger partial charge in [0.15, 0.2) is 0 Å². The largest absolute Gasteiger partial charge is 0.507 e. The summed E-state index contributed by atoms with van der Waals surface area (Å²) in [5.74, 6) is 0.523. The fourth-order valence-electron chi connectivity index (χ4n) is 9.15. The van der Waals surface area contributed by atoms with Gasteiger partial charge in [-0.2, -0.15) is 0 Å². The fraction of sp³-hybridized carbons (Fsp3) is 0.156. The topological polar surface area (TPSA) is 50.9 Å². The van der Waals surface area contributed by atoms with E-state index in [-0.39, 0.29) is 43.4 Å². The molecule has 2 aromatic heterocycles. The van der Waals surface area contributed by atoms with Crippen LogP contribution in [0.25, 0.3) is 95.0 Å². The Bertz CT molecular complexity index is 3700. The smallest absolute Gasteiger partial charge is 0.148 e. The van der Waals surface area contributed by atoms with Crippen LogP contribution < -0.4 is 0 Å². The van der Waals surface area contributed by atoms with Gasteiger partial charge >= 0.3 is 0 Å². The Morgan fingerprint density at radius 1 is 0.522 bits per heavy atom. The molecule has 5 heteroatoms. The molecule has 0 fully saturated rings. The van der Waals surface area contributed by atoms with E-state index in [0.717, 1.165) is 66.8 Å². The molecular weight excluding hydrogens is 1020 g/mol. The zero-order valence-corrected chi connectivity index (χ0v) is 41.8. The maximum absolute atomic E-state index is 12.4. The molecule has 10 rings (SSSR count). The van der Waals surface area contributed by atoms with Crippen molar-refractivity contribution < 1.29 is 34.4 Å². The Morgan fingerprint density at radius 2 is 1.16 bits per heavy atom. The van der Waals surface area contributed by atoms with E-state index >= 15 is 0 Å². The molecule has 2 heterocycles. The molecule has 69 heavy (non-hydrogen) atoms. The molecular formula is C64H56N3OPt-. The van der Waals surface area contributed by atoms with E-state index < -0.39 is 19.1 Å². The van der Waals surface area contributed by atoms with Crippen LogP contribution in [0.3, 0.4) is 0 Å². The van der Waals surface area contributed by atoms with Crippen molar-refractivity contribution in [1.82, 2.24) is 14.5 Å². The first-order chi connectivity index (χ1) is 35.1. The summed E-state index contributed by atoms with van der Waals surface area (Å²) >= 11 is 0. The van der Waals surface area contributed by atoms with Crippen LogP contribution in [0.1, 0.15) is 72.0 Å². The SMILES string of the molecule is [2H]C([2H])([2H])c1ccc(-c2ccnc(-c3[c-]c(-c4cccc5c4nc(-c4cccc(C(C)(C)C)c4O)n5-c4cc(C([2H])([2H])[2H])c(-c5ccc(C(C)(C)C)cc5)cc4-c4ccccc4)cc(-c4ccccc4)c3)c2)cc1.[Pt]. The minimum atomic E-state index is -2.52. The predicted molar refractivity (Wildman–Crippen MR) is 284 cm³/mol. The number of nitrogens with zero attached hydrogens (tertiary/aromatic N) is 3. The number of rotatable bonds is 8. The summed E-state index contributed by atoms with van der Waals surface area (Å²) in [7, 11) is 0. The van der Waals surface area contributed by atoms with Crippen LogP contribution in [-0.2, 0) is 31.9 Å². The molecule has 344 valence electrons. The van der Waals surface area contributed by atoms with Gasteiger partial charge in [-0.1, -0.05) is 203 Å². The molecule has 8 aromatic carbocycles. The molecule has 0 bridgehead atoms. The van der Waals surface area contributed by atoms with Crippen LogP contribution in [0.5, 0.6) is 5.75 Å². The number of imidazole rings is 1. The first-order valence-corrected chi connectivity index (χ1v) is 23.0. The Balaban J connectivity index is 0.00000689. The molecule has 0 aliphatic heterocycles. The zero-order valence-electron chi connectivity index (χ0n) is 45.5. The Kier molecular flexibility index (Phi) is 10.8. The van der Waals surface area contributed by atoms with E-state index in [1.165, 1.54) is 0 Å². The second kappa shape index (κ2) is 18.7. The molecule has 0 spiro atoms. The number of aryl methyl sites for hydroxylation is 2. The van der Waals surface area contributed by atoms with Crippen molar-refractivity contribution in [3.05, 3.63) is 217 Å². The van der Waals surface area contributed by atoms with E-state index in [4.69, 9.17) is 18.2 Å². The van der Waals surface area contributed by atoms with Crippen LogP contribution in [0.15, 0.2) is 188 Å². The van der Waals surface area contributed by atoms with Gasteiger partial charge in [0.25, 0.3) is 0 Å². The average molecular weight is 1080 g/mol. The number of aromatic nitrogens is 3. The van der Waals surface area contributed by atoms with Gasteiger partial charge in [0, 0.05) is 46.7 Å². The van der Waals surface area contributed by atoms with Crippen LogP contribution >= 0.6 is 0 Å². The van der Waals surface area contributed by atoms with Crippen molar-refractivity contribution in [3.8, 4) is 89.7 Å². The molecule has 0 amide bonds.